The molecule has 12 nitrogen and oxygen atoms in total. The molecule has 0 saturated heterocycles. The zero-order valence-electron chi connectivity index (χ0n) is 23.4. The van der Waals surface area contributed by atoms with Gasteiger partial charge in [-0.25, -0.2) is 37.5 Å². The van der Waals surface area contributed by atoms with E-state index in [1.54, 1.807) is 9.13 Å². The Balaban J connectivity index is 1.41. The monoisotopic (exact) mass is 732 g/mol. The van der Waals surface area contributed by atoms with Gasteiger partial charge in [0, 0.05) is 20.1 Å². The van der Waals surface area contributed by atoms with Crippen molar-refractivity contribution in [2.75, 3.05) is 10.6 Å². The van der Waals surface area contributed by atoms with Gasteiger partial charge >= 0.3 is 11.4 Å². The van der Waals surface area contributed by atoms with E-state index in [1.165, 1.54) is 8.80 Å². The Morgan fingerprint density at radius 1 is 0.522 bits per heavy atom. The lowest BCUT2D eigenvalue weighted by Crippen LogP contribution is -2.60. The number of aromatic nitrogens is 8. The molecule has 0 saturated carbocycles. The molecule has 10 rings (SSSR count). The summed E-state index contributed by atoms with van der Waals surface area (Å²) in [5.74, 6) is 0.950. The standard InChI is InChI=1S/C32H18Br2N10O2/c33-19-13-9-17(10-14-19)31-32(18-11-15-20(34)16-12-18,39-27-37-25-35-21-5-1-3-7-23(21)41(25)29(45)43(27)31)44-28(40-31)38-26-36-22-6-2-4-8-24(22)42(26)30(44)46/h1-16H,(H,35,37,39)(H,36,38,40)/t31-,32-/m0/s1. The van der Waals surface area contributed by atoms with Gasteiger partial charge in [-0.15, -0.1) is 0 Å². The molecule has 2 N–H and O–H groups in total. The number of hydrogen-bond donors (Lipinski definition) is 2. The molecule has 0 unspecified atom stereocenters. The SMILES string of the molecule is O=c1n2c(nc3nc4ccccc4n13)N[C@@]1(c3ccc(Br)cc3)n3c(nc4nc5ccccc5n4c3=O)N[C@@]21c1ccc(Br)cc1. The number of benzene rings is 4. The van der Waals surface area contributed by atoms with Gasteiger partial charge in [-0.3, -0.25) is 0 Å². The first kappa shape index (κ1) is 25.9. The Morgan fingerprint density at radius 3 is 1.33 bits per heavy atom. The Hall–Kier alpha value is -5.34. The third-order valence-corrected chi connectivity index (χ3v) is 10.0. The van der Waals surface area contributed by atoms with Crippen LogP contribution in [0.3, 0.4) is 0 Å². The van der Waals surface area contributed by atoms with Crippen LogP contribution >= 0.6 is 31.9 Å². The number of halogens is 2. The summed E-state index contributed by atoms with van der Waals surface area (Å²) in [5, 5.41) is 7.15. The number of nitrogens with zero attached hydrogens (tertiary/aromatic N) is 8. The third-order valence-electron chi connectivity index (χ3n) is 8.99. The first-order valence-electron chi connectivity index (χ1n) is 14.3. The van der Waals surface area contributed by atoms with E-state index in [9.17, 15) is 9.59 Å². The van der Waals surface area contributed by atoms with Crippen molar-refractivity contribution in [2.24, 2.45) is 0 Å². The van der Waals surface area contributed by atoms with Crippen LogP contribution in [0.5, 0.6) is 0 Å². The van der Waals surface area contributed by atoms with Gasteiger partial charge in [0.15, 0.2) is 11.3 Å². The highest BCUT2D eigenvalue weighted by atomic mass is 79.9. The fourth-order valence-electron chi connectivity index (χ4n) is 7.14. The molecule has 0 amide bonds. The predicted molar refractivity (Wildman–Crippen MR) is 179 cm³/mol. The fraction of sp³-hybridized carbons (Fsp3) is 0.0625. The summed E-state index contributed by atoms with van der Waals surface area (Å²) in [6, 6.07) is 30.1. The lowest BCUT2D eigenvalue weighted by Gasteiger charge is -2.40. The summed E-state index contributed by atoms with van der Waals surface area (Å²) in [4.78, 5) is 49.0. The van der Waals surface area contributed by atoms with Crippen LogP contribution < -0.4 is 22.0 Å². The van der Waals surface area contributed by atoms with Crippen molar-refractivity contribution in [1.82, 2.24) is 37.9 Å². The van der Waals surface area contributed by atoms with Crippen molar-refractivity contribution in [3.63, 3.8) is 0 Å². The molecule has 0 spiro atoms. The molecule has 0 fully saturated rings. The molecule has 2 aliphatic heterocycles. The number of fused-ring (bicyclic) bond motifs is 11. The second kappa shape index (κ2) is 8.68. The lowest BCUT2D eigenvalue weighted by molar-refractivity contribution is 0.248. The molecule has 2 aliphatic rings. The van der Waals surface area contributed by atoms with E-state index >= 15 is 0 Å². The topological polar surface area (TPSA) is 128 Å². The third kappa shape index (κ3) is 2.98. The molecule has 0 radical (unpaired) electrons. The minimum absolute atomic E-state index is 0.235. The van der Waals surface area contributed by atoms with E-state index in [-0.39, 0.29) is 23.5 Å². The maximum absolute atomic E-state index is 14.9. The van der Waals surface area contributed by atoms with Crippen LogP contribution in [0.2, 0.25) is 0 Å². The van der Waals surface area contributed by atoms with Gasteiger partial charge in [0.25, 0.3) is 0 Å². The fourth-order valence-corrected chi connectivity index (χ4v) is 7.67. The van der Waals surface area contributed by atoms with Crippen molar-refractivity contribution < 1.29 is 0 Å². The molecule has 4 aromatic heterocycles. The molecule has 222 valence electrons. The quantitative estimate of drug-likeness (QED) is 0.258. The number of rotatable bonds is 2. The van der Waals surface area contributed by atoms with Crippen LogP contribution in [0.15, 0.2) is 116 Å². The number of para-hydroxylation sites is 4. The molecule has 46 heavy (non-hydrogen) atoms. The average Bonchev–Trinajstić information content (AvgIpc) is 3.77. The van der Waals surface area contributed by atoms with Gasteiger partial charge in [0.1, 0.15) is 0 Å². The van der Waals surface area contributed by atoms with E-state index in [4.69, 9.17) is 9.97 Å². The zero-order valence-corrected chi connectivity index (χ0v) is 26.6. The minimum Gasteiger partial charge on any atom is -0.324 e. The molecular formula is C32H18Br2N10O2. The second-order valence-electron chi connectivity index (χ2n) is 11.3. The van der Waals surface area contributed by atoms with Gasteiger partial charge in [-0.1, -0.05) is 80.4 Å². The highest BCUT2D eigenvalue weighted by molar-refractivity contribution is 9.10. The predicted octanol–water partition coefficient (Wildman–Crippen LogP) is 4.88. The molecule has 2 atom stereocenters. The van der Waals surface area contributed by atoms with E-state index in [1.807, 2.05) is 97.1 Å². The maximum Gasteiger partial charge on any atom is 0.340 e. The number of imidazole rings is 2. The van der Waals surface area contributed by atoms with Crippen LogP contribution in [0, 0.1) is 0 Å². The van der Waals surface area contributed by atoms with Crippen LogP contribution in [0.1, 0.15) is 11.1 Å². The van der Waals surface area contributed by atoms with Crippen molar-refractivity contribution in [1.29, 1.82) is 0 Å². The van der Waals surface area contributed by atoms with Gasteiger partial charge < -0.3 is 10.6 Å². The van der Waals surface area contributed by atoms with E-state index < -0.39 is 22.7 Å². The number of anilines is 2. The minimum atomic E-state index is -1.48. The van der Waals surface area contributed by atoms with Crippen LogP contribution in [-0.4, -0.2) is 37.9 Å². The summed E-state index contributed by atoms with van der Waals surface area (Å²) in [6.45, 7) is 0. The Labute approximate surface area is 274 Å². The van der Waals surface area contributed by atoms with Gasteiger partial charge in [0.2, 0.25) is 23.5 Å². The van der Waals surface area contributed by atoms with Crippen LogP contribution in [0.4, 0.5) is 11.9 Å². The van der Waals surface area contributed by atoms with Crippen LogP contribution in [-0.2, 0) is 11.3 Å². The first-order valence-corrected chi connectivity index (χ1v) is 15.9. The molecule has 14 heteroatoms. The molecule has 0 bridgehead atoms. The summed E-state index contributed by atoms with van der Waals surface area (Å²) in [7, 11) is 0. The van der Waals surface area contributed by atoms with Crippen molar-refractivity contribution >= 4 is 77.4 Å². The maximum atomic E-state index is 14.9. The van der Waals surface area contributed by atoms with E-state index in [0.29, 0.717) is 33.2 Å². The second-order valence-corrected chi connectivity index (χ2v) is 13.1. The van der Waals surface area contributed by atoms with Gasteiger partial charge in [0.05, 0.1) is 22.1 Å². The molecule has 4 aromatic carbocycles. The average molecular weight is 734 g/mol. The Morgan fingerprint density at radius 2 is 0.913 bits per heavy atom. The smallest absolute Gasteiger partial charge is 0.324 e. The van der Waals surface area contributed by atoms with Gasteiger partial charge in [-0.2, -0.15) is 9.97 Å². The normalized spacial score (nSPS) is 19.8. The largest absolute Gasteiger partial charge is 0.340 e. The van der Waals surface area contributed by atoms with Crippen molar-refractivity contribution in [3.05, 3.63) is 138 Å². The van der Waals surface area contributed by atoms with Crippen molar-refractivity contribution in [2.45, 2.75) is 11.3 Å². The zero-order chi connectivity index (χ0) is 30.9. The summed E-state index contributed by atoms with van der Waals surface area (Å²) >= 11 is 7.13. The molecule has 6 heterocycles. The van der Waals surface area contributed by atoms with E-state index in [2.05, 4.69) is 52.5 Å². The van der Waals surface area contributed by atoms with E-state index in [0.717, 1.165) is 8.95 Å². The summed E-state index contributed by atoms with van der Waals surface area (Å²) < 4.78 is 7.86. The molecule has 0 aliphatic carbocycles. The highest BCUT2D eigenvalue weighted by Gasteiger charge is 2.69. The molecule has 8 aromatic rings. The van der Waals surface area contributed by atoms with Crippen LogP contribution in [0.25, 0.3) is 33.6 Å². The highest BCUT2D eigenvalue weighted by Crippen LogP contribution is 2.55. The molecular weight excluding hydrogens is 716 g/mol. The lowest BCUT2D eigenvalue weighted by atomic mass is 9.82. The Kier molecular flexibility index (Phi) is 4.89. The summed E-state index contributed by atoms with van der Waals surface area (Å²) in [6.07, 6.45) is 0. The van der Waals surface area contributed by atoms with Gasteiger partial charge in [-0.05, 0) is 48.5 Å². The van der Waals surface area contributed by atoms with Crippen molar-refractivity contribution in [3.8, 4) is 0 Å². The number of hydrogen-bond acceptors (Lipinski definition) is 8. The Bertz CT molecular complexity index is 2540. The summed E-state index contributed by atoms with van der Waals surface area (Å²) in [5.41, 5.74) is 0.141. The number of nitrogens with one attached hydrogen (secondary N) is 2. The first-order chi connectivity index (χ1) is 22.4.